The molecule has 0 radical (unpaired) electrons. The smallest absolute Gasteiger partial charge is 0.231 e. The molecule has 2 aromatic carbocycles. The van der Waals surface area contributed by atoms with Crippen LogP contribution in [0, 0.1) is 5.92 Å². The van der Waals surface area contributed by atoms with Crippen LogP contribution in [0.3, 0.4) is 0 Å². The highest BCUT2D eigenvalue weighted by atomic mass is 16.5. The summed E-state index contributed by atoms with van der Waals surface area (Å²) in [6.07, 6.45) is 4.03. The standard InChI is InChI=1S/C22H23N3O5/c1-28-18-3-5-20-15(9-18)8-16(13-30-20)22(27)25-19-4-2-14(17-11-23-24-12-17)10-21(19)29-7-6-26/h2-5,9-12,16,26H,6-8,13H2,1H3,(H,23,24)(H,25,27)/t16-/m1/s1. The molecule has 0 aliphatic carbocycles. The molecule has 1 aromatic heterocycles. The number of aliphatic hydroxyl groups excluding tert-OH is 1. The minimum Gasteiger partial charge on any atom is -0.497 e. The van der Waals surface area contributed by atoms with E-state index in [1.807, 2.05) is 30.3 Å². The summed E-state index contributed by atoms with van der Waals surface area (Å²) in [5.41, 5.74) is 3.26. The summed E-state index contributed by atoms with van der Waals surface area (Å²) in [6, 6.07) is 11.1. The zero-order valence-electron chi connectivity index (χ0n) is 16.6. The molecule has 2 heterocycles. The van der Waals surface area contributed by atoms with Gasteiger partial charge in [-0.1, -0.05) is 6.07 Å². The van der Waals surface area contributed by atoms with Crippen LogP contribution in [0.25, 0.3) is 11.1 Å². The number of rotatable bonds is 7. The first-order valence-electron chi connectivity index (χ1n) is 9.65. The van der Waals surface area contributed by atoms with Crippen LogP contribution in [-0.4, -0.2) is 48.1 Å². The Morgan fingerprint density at radius 1 is 1.30 bits per heavy atom. The summed E-state index contributed by atoms with van der Waals surface area (Å²) < 4.78 is 16.7. The van der Waals surface area contributed by atoms with Crippen LogP contribution in [0.15, 0.2) is 48.8 Å². The molecule has 1 aliphatic heterocycles. The third kappa shape index (κ3) is 4.23. The Labute approximate surface area is 173 Å². The Morgan fingerprint density at radius 2 is 2.20 bits per heavy atom. The number of anilines is 1. The molecule has 30 heavy (non-hydrogen) atoms. The molecular weight excluding hydrogens is 386 g/mol. The van der Waals surface area contributed by atoms with E-state index in [0.29, 0.717) is 24.5 Å². The van der Waals surface area contributed by atoms with E-state index in [1.54, 1.807) is 25.6 Å². The van der Waals surface area contributed by atoms with Crippen molar-refractivity contribution in [3.05, 3.63) is 54.4 Å². The van der Waals surface area contributed by atoms with Crippen LogP contribution >= 0.6 is 0 Å². The number of nitrogens with zero attached hydrogens (tertiary/aromatic N) is 1. The molecule has 0 bridgehead atoms. The molecule has 8 nitrogen and oxygen atoms in total. The fourth-order valence-electron chi connectivity index (χ4n) is 3.39. The number of aromatic nitrogens is 2. The maximum atomic E-state index is 12.9. The number of hydrogen-bond acceptors (Lipinski definition) is 6. The van der Waals surface area contributed by atoms with E-state index in [0.717, 1.165) is 28.2 Å². The van der Waals surface area contributed by atoms with E-state index < -0.39 is 0 Å². The van der Waals surface area contributed by atoms with Gasteiger partial charge in [0, 0.05) is 11.8 Å². The maximum absolute atomic E-state index is 12.9. The number of nitrogens with one attached hydrogen (secondary N) is 2. The fraction of sp³-hybridized carbons (Fsp3) is 0.273. The summed E-state index contributed by atoms with van der Waals surface area (Å²) >= 11 is 0. The van der Waals surface area contributed by atoms with Crippen molar-refractivity contribution < 1.29 is 24.1 Å². The number of ether oxygens (including phenoxy) is 3. The van der Waals surface area contributed by atoms with Gasteiger partial charge in [0.2, 0.25) is 5.91 Å². The fourth-order valence-corrected chi connectivity index (χ4v) is 3.39. The van der Waals surface area contributed by atoms with Crippen molar-refractivity contribution in [3.8, 4) is 28.4 Å². The van der Waals surface area contributed by atoms with Crippen molar-refractivity contribution in [2.45, 2.75) is 6.42 Å². The van der Waals surface area contributed by atoms with Crippen molar-refractivity contribution in [1.82, 2.24) is 10.2 Å². The average Bonchev–Trinajstić information content (AvgIpc) is 3.32. The number of fused-ring (bicyclic) bond motifs is 1. The molecule has 4 rings (SSSR count). The highest BCUT2D eigenvalue weighted by Gasteiger charge is 2.27. The number of benzene rings is 2. The Balaban J connectivity index is 1.52. The van der Waals surface area contributed by atoms with E-state index in [-0.39, 0.29) is 25.0 Å². The molecule has 0 saturated heterocycles. The lowest BCUT2D eigenvalue weighted by molar-refractivity contribution is -0.121. The summed E-state index contributed by atoms with van der Waals surface area (Å²) in [5.74, 6) is 1.48. The van der Waals surface area contributed by atoms with Crippen LogP contribution in [0.2, 0.25) is 0 Å². The summed E-state index contributed by atoms with van der Waals surface area (Å²) in [4.78, 5) is 12.9. The van der Waals surface area contributed by atoms with Crippen molar-refractivity contribution in [2.24, 2.45) is 5.92 Å². The van der Waals surface area contributed by atoms with Crippen LogP contribution in [0.5, 0.6) is 17.2 Å². The van der Waals surface area contributed by atoms with E-state index in [4.69, 9.17) is 19.3 Å². The van der Waals surface area contributed by atoms with Gasteiger partial charge in [0.05, 0.1) is 31.5 Å². The molecule has 156 valence electrons. The maximum Gasteiger partial charge on any atom is 0.231 e. The topological polar surface area (TPSA) is 106 Å². The zero-order valence-corrected chi connectivity index (χ0v) is 16.6. The molecular formula is C22H23N3O5. The number of H-pyrrole nitrogens is 1. The quantitative estimate of drug-likeness (QED) is 0.554. The number of carbonyl (C=O) groups excluding carboxylic acids is 1. The van der Waals surface area contributed by atoms with Gasteiger partial charge < -0.3 is 24.6 Å². The second kappa shape index (κ2) is 8.87. The second-order valence-corrected chi connectivity index (χ2v) is 6.94. The molecule has 3 aromatic rings. The highest BCUT2D eigenvalue weighted by Crippen LogP contribution is 2.33. The Bertz CT molecular complexity index is 1020. The zero-order chi connectivity index (χ0) is 20.9. The lowest BCUT2D eigenvalue weighted by Gasteiger charge is -2.25. The van der Waals surface area contributed by atoms with Crippen molar-refractivity contribution in [1.29, 1.82) is 0 Å². The third-order valence-electron chi connectivity index (χ3n) is 4.96. The average molecular weight is 409 g/mol. The Morgan fingerprint density at radius 3 is 2.97 bits per heavy atom. The van der Waals surface area contributed by atoms with E-state index in [2.05, 4.69) is 15.5 Å². The van der Waals surface area contributed by atoms with Gasteiger partial charge in [0.25, 0.3) is 0 Å². The summed E-state index contributed by atoms with van der Waals surface area (Å²) in [6.45, 7) is 0.293. The number of amides is 1. The molecule has 1 atom stereocenters. The van der Waals surface area contributed by atoms with Crippen LogP contribution in [0.1, 0.15) is 5.56 Å². The first kappa shape index (κ1) is 19.8. The van der Waals surface area contributed by atoms with Crippen LogP contribution in [0.4, 0.5) is 5.69 Å². The SMILES string of the molecule is COc1ccc2c(c1)C[C@@H](C(=O)Nc1ccc(-c3cn[nH]c3)cc1OCCO)CO2. The van der Waals surface area contributed by atoms with Gasteiger partial charge in [-0.05, 0) is 47.9 Å². The first-order chi connectivity index (χ1) is 14.7. The molecule has 0 fully saturated rings. The number of carbonyl (C=O) groups is 1. The number of aromatic amines is 1. The van der Waals surface area contributed by atoms with Crippen molar-refractivity contribution in [2.75, 3.05) is 32.2 Å². The minimum absolute atomic E-state index is 0.122. The van der Waals surface area contributed by atoms with Gasteiger partial charge in [0.1, 0.15) is 30.5 Å². The monoisotopic (exact) mass is 409 g/mol. The first-order valence-corrected chi connectivity index (χ1v) is 9.65. The molecule has 1 amide bonds. The summed E-state index contributed by atoms with van der Waals surface area (Å²) in [7, 11) is 1.61. The molecule has 8 heteroatoms. The van der Waals surface area contributed by atoms with Gasteiger partial charge in [-0.3, -0.25) is 9.89 Å². The molecule has 0 unspecified atom stereocenters. The van der Waals surface area contributed by atoms with Gasteiger partial charge in [-0.2, -0.15) is 5.10 Å². The van der Waals surface area contributed by atoms with E-state index >= 15 is 0 Å². The minimum atomic E-state index is -0.344. The van der Waals surface area contributed by atoms with Gasteiger partial charge in [-0.15, -0.1) is 0 Å². The third-order valence-corrected chi connectivity index (χ3v) is 4.96. The van der Waals surface area contributed by atoms with Gasteiger partial charge in [-0.25, -0.2) is 0 Å². The van der Waals surface area contributed by atoms with E-state index in [1.165, 1.54) is 0 Å². The number of hydrogen-bond donors (Lipinski definition) is 3. The lowest BCUT2D eigenvalue weighted by Crippen LogP contribution is -2.32. The largest absolute Gasteiger partial charge is 0.497 e. The normalized spacial score (nSPS) is 15.1. The van der Waals surface area contributed by atoms with Crippen LogP contribution < -0.4 is 19.5 Å². The second-order valence-electron chi connectivity index (χ2n) is 6.94. The lowest BCUT2D eigenvalue weighted by atomic mass is 9.95. The van der Waals surface area contributed by atoms with E-state index in [9.17, 15) is 4.79 Å². The molecule has 3 N–H and O–H groups in total. The molecule has 0 saturated carbocycles. The Kier molecular flexibility index (Phi) is 5.85. The van der Waals surface area contributed by atoms with Crippen molar-refractivity contribution >= 4 is 11.6 Å². The van der Waals surface area contributed by atoms with Gasteiger partial charge in [0.15, 0.2) is 0 Å². The predicted molar refractivity (Wildman–Crippen MR) is 111 cm³/mol. The number of methoxy groups -OCH3 is 1. The highest BCUT2D eigenvalue weighted by molar-refractivity contribution is 5.95. The molecule has 0 spiro atoms. The Hall–Kier alpha value is -3.52. The van der Waals surface area contributed by atoms with Crippen LogP contribution in [-0.2, 0) is 11.2 Å². The number of aliphatic hydroxyl groups is 1. The van der Waals surface area contributed by atoms with Crippen molar-refractivity contribution in [3.63, 3.8) is 0 Å². The van der Waals surface area contributed by atoms with Gasteiger partial charge >= 0.3 is 0 Å². The summed E-state index contributed by atoms with van der Waals surface area (Å²) in [5, 5.41) is 18.8. The molecule has 1 aliphatic rings. The predicted octanol–water partition coefficient (Wildman–Crippen LogP) is 2.65.